The van der Waals surface area contributed by atoms with Crippen LogP contribution in [0.5, 0.6) is 0 Å². The van der Waals surface area contributed by atoms with Gasteiger partial charge in [-0.3, -0.25) is 10.1 Å². The van der Waals surface area contributed by atoms with Crippen molar-refractivity contribution in [2.45, 2.75) is 46.1 Å². The molecule has 1 atom stereocenters. The molecule has 1 aromatic rings. The standard InChI is InChI=1S/C11H19N3O2/c1-7(12)5-4-6-10(15)13-11-8(2)9(3)14-16-11/h7H,4-6,12H2,1-3H3,(H,13,15). The Hall–Kier alpha value is -1.36. The molecule has 0 aromatic carbocycles. The van der Waals surface area contributed by atoms with E-state index in [4.69, 9.17) is 10.3 Å². The molecule has 16 heavy (non-hydrogen) atoms. The van der Waals surface area contributed by atoms with E-state index in [9.17, 15) is 4.79 Å². The van der Waals surface area contributed by atoms with Crippen LogP contribution < -0.4 is 11.1 Å². The summed E-state index contributed by atoms with van der Waals surface area (Å²) in [5, 5.41) is 6.46. The molecule has 0 aliphatic heterocycles. The third-order valence-electron chi connectivity index (χ3n) is 2.47. The lowest BCUT2D eigenvalue weighted by molar-refractivity contribution is -0.116. The highest BCUT2D eigenvalue weighted by Crippen LogP contribution is 2.17. The summed E-state index contributed by atoms with van der Waals surface area (Å²) in [6.45, 7) is 5.63. The summed E-state index contributed by atoms with van der Waals surface area (Å²) in [5.41, 5.74) is 7.27. The Labute approximate surface area is 95.4 Å². The van der Waals surface area contributed by atoms with Crippen LogP contribution in [0.15, 0.2) is 4.52 Å². The molecule has 0 aliphatic rings. The molecule has 90 valence electrons. The lowest BCUT2D eigenvalue weighted by atomic mass is 10.1. The average Bonchev–Trinajstić information content (AvgIpc) is 2.49. The number of nitrogens with one attached hydrogen (secondary N) is 1. The van der Waals surface area contributed by atoms with Gasteiger partial charge in [0, 0.05) is 18.0 Å². The van der Waals surface area contributed by atoms with Crippen LogP contribution in [0.25, 0.3) is 0 Å². The number of nitrogens with zero attached hydrogens (tertiary/aromatic N) is 1. The van der Waals surface area contributed by atoms with Crippen molar-refractivity contribution in [3.63, 3.8) is 0 Å². The quantitative estimate of drug-likeness (QED) is 0.799. The molecular formula is C11H19N3O2. The van der Waals surface area contributed by atoms with Crippen molar-refractivity contribution >= 4 is 11.8 Å². The fourth-order valence-corrected chi connectivity index (χ4v) is 1.31. The second kappa shape index (κ2) is 5.65. The highest BCUT2D eigenvalue weighted by Gasteiger charge is 2.11. The summed E-state index contributed by atoms with van der Waals surface area (Å²) >= 11 is 0. The van der Waals surface area contributed by atoms with Crippen LogP contribution in [0.3, 0.4) is 0 Å². The molecule has 1 heterocycles. The van der Waals surface area contributed by atoms with Gasteiger partial charge in [-0.2, -0.15) is 0 Å². The SMILES string of the molecule is Cc1noc(NC(=O)CCCC(C)N)c1C. The van der Waals surface area contributed by atoms with Crippen molar-refractivity contribution < 1.29 is 9.32 Å². The van der Waals surface area contributed by atoms with Crippen molar-refractivity contribution in [1.29, 1.82) is 0 Å². The molecule has 0 aliphatic carbocycles. The number of nitrogens with two attached hydrogens (primary N) is 1. The van der Waals surface area contributed by atoms with E-state index in [0.29, 0.717) is 12.3 Å². The summed E-state index contributed by atoms with van der Waals surface area (Å²) in [7, 11) is 0. The lowest BCUT2D eigenvalue weighted by Crippen LogP contribution is -2.16. The number of anilines is 1. The van der Waals surface area contributed by atoms with E-state index >= 15 is 0 Å². The summed E-state index contributed by atoms with van der Waals surface area (Å²) in [4.78, 5) is 11.5. The maximum atomic E-state index is 11.5. The first-order valence-corrected chi connectivity index (χ1v) is 5.49. The van der Waals surface area contributed by atoms with Gasteiger partial charge < -0.3 is 10.3 Å². The zero-order valence-corrected chi connectivity index (χ0v) is 10.0. The van der Waals surface area contributed by atoms with Crippen molar-refractivity contribution in [3.8, 4) is 0 Å². The van der Waals surface area contributed by atoms with Gasteiger partial charge >= 0.3 is 0 Å². The Balaban J connectivity index is 2.37. The Morgan fingerprint density at radius 3 is 2.75 bits per heavy atom. The van der Waals surface area contributed by atoms with Gasteiger partial charge in [0.1, 0.15) is 0 Å². The van der Waals surface area contributed by atoms with Gasteiger partial charge in [0.15, 0.2) is 0 Å². The van der Waals surface area contributed by atoms with Crippen LogP contribution in [0.4, 0.5) is 5.88 Å². The third-order valence-corrected chi connectivity index (χ3v) is 2.47. The monoisotopic (exact) mass is 225 g/mol. The van der Waals surface area contributed by atoms with E-state index in [0.717, 1.165) is 24.1 Å². The Morgan fingerprint density at radius 2 is 2.25 bits per heavy atom. The van der Waals surface area contributed by atoms with Crippen LogP contribution in [0, 0.1) is 13.8 Å². The van der Waals surface area contributed by atoms with E-state index < -0.39 is 0 Å². The normalized spacial score (nSPS) is 12.5. The van der Waals surface area contributed by atoms with E-state index in [1.54, 1.807) is 0 Å². The Bertz CT molecular complexity index is 358. The van der Waals surface area contributed by atoms with Crippen molar-refractivity contribution in [3.05, 3.63) is 11.3 Å². The average molecular weight is 225 g/mol. The second-order valence-corrected chi connectivity index (χ2v) is 4.14. The largest absolute Gasteiger partial charge is 0.338 e. The van der Waals surface area contributed by atoms with E-state index in [1.807, 2.05) is 20.8 Å². The molecule has 0 bridgehead atoms. The molecule has 5 heteroatoms. The van der Waals surface area contributed by atoms with Crippen LogP contribution >= 0.6 is 0 Å². The smallest absolute Gasteiger partial charge is 0.234 e. The van der Waals surface area contributed by atoms with Crippen LogP contribution in [0.2, 0.25) is 0 Å². The fraction of sp³-hybridized carbons (Fsp3) is 0.636. The van der Waals surface area contributed by atoms with Crippen LogP contribution in [-0.4, -0.2) is 17.1 Å². The summed E-state index contributed by atoms with van der Waals surface area (Å²) < 4.78 is 4.99. The molecule has 0 radical (unpaired) electrons. The van der Waals surface area contributed by atoms with Gasteiger partial charge in [0.25, 0.3) is 0 Å². The summed E-state index contributed by atoms with van der Waals surface area (Å²) in [6, 6.07) is 0.141. The van der Waals surface area contributed by atoms with Gasteiger partial charge in [0.2, 0.25) is 11.8 Å². The van der Waals surface area contributed by atoms with Gasteiger partial charge in [0.05, 0.1) is 5.69 Å². The van der Waals surface area contributed by atoms with Crippen LogP contribution in [0.1, 0.15) is 37.4 Å². The van der Waals surface area contributed by atoms with E-state index in [2.05, 4.69) is 10.5 Å². The number of amides is 1. The first-order chi connectivity index (χ1) is 7.50. The first kappa shape index (κ1) is 12.7. The highest BCUT2D eigenvalue weighted by atomic mass is 16.5. The molecule has 0 saturated heterocycles. The second-order valence-electron chi connectivity index (χ2n) is 4.14. The molecule has 0 saturated carbocycles. The molecule has 0 spiro atoms. The number of aromatic nitrogens is 1. The Kier molecular flexibility index (Phi) is 4.49. The predicted molar refractivity (Wildman–Crippen MR) is 62.1 cm³/mol. The summed E-state index contributed by atoms with van der Waals surface area (Å²) in [6.07, 6.45) is 2.10. The molecular weight excluding hydrogens is 206 g/mol. The minimum Gasteiger partial charge on any atom is -0.338 e. The number of carbonyl (C=O) groups is 1. The number of rotatable bonds is 5. The maximum Gasteiger partial charge on any atom is 0.234 e. The summed E-state index contributed by atoms with van der Waals surface area (Å²) in [5.74, 6) is 0.392. The van der Waals surface area contributed by atoms with E-state index in [1.165, 1.54) is 0 Å². The van der Waals surface area contributed by atoms with E-state index in [-0.39, 0.29) is 11.9 Å². The zero-order chi connectivity index (χ0) is 12.1. The fourth-order valence-electron chi connectivity index (χ4n) is 1.31. The number of hydrogen-bond acceptors (Lipinski definition) is 4. The topological polar surface area (TPSA) is 81.2 Å². The lowest BCUT2D eigenvalue weighted by Gasteiger charge is -2.04. The van der Waals surface area contributed by atoms with Crippen molar-refractivity contribution in [1.82, 2.24) is 5.16 Å². The minimum absolute atomic E-state index is 0.0556. The molecule has 3 N–H and O–H groups in total. The third kappa shape index (κ3) is 3.66. The zero-order valence-electron chi connectivity index (χ0n) is 10.0. The highest BCUT2D eigenvalue weighted by molar-refractivity contribution is 5.89. The number of aryl methyl sites for hydroxylation is 1. The van der Waals surface area contributed by atoms with Gasteiger partial charge in [-0.05, 0) is 33.6 Å². The molecule has 0 fully saturated rings. The number of carbonyl (C=O) groups excluding carboxylic acids is 1. The molecule has 5 nitrogen and oxygen atoms in total. The molecule has 1 aromatic heterocycles. The van der Waals surface area contributed by atoms with Crippen LogP contribution in [-0.2, 0) is 4.79 Å². The van der Waals surface area contributed by atoms with Gasteiger partial charge in [-0.15, -0.1) is 0 Å². The van der Waals surface area contributed by atoms with Gasteiger partial charge in [-0.1, -0.05) is 5.16 Å². The number of hydrogen-bond donors (Lipinski definition) is 2. The van der Waals surface area contributed by atoms with Gasteiger partial charge in [-0.25, -0.2) is 0 Å². The predicted octanol–water partition coefficient (Wildman–Crippen LogP) is 1.75. The minimum atomic E-state index is -0.0556. The molecule has 1 unspecified atom stereocenters. The Morgan fingerprint density at radius 1 is 1.56 bits per heavy atom. The van der Waals surface area contributed by atoms with Crippen molar-refractivity contribution in [2.75, 3.05) is 5.32 Å². The first-order valence-electron chi connectivity index (χ1n) is 5.49. The molecule has 1 amide bonds. The maximum absolute atomic E-state index is 11.5. The van der Waals surface area contributed by atoms with Crippen molar-refractivity contribution in [2.24, 2.45) is 5.73 Å². The molecule has 1 rings (SSSR count).